The lowest BCUT2D eigenvalue weighted by atomic mass is 10.7. The van der Waals surface area contributed by atoms with E-state index < -0.39 is 0 Å². The van der Waals surface area contributed by atoms with E-state index in [0.717, 1.165) is 6.34 Å². The first-order valence-corrected chi connectivity index (χ1v) is 2.21. The Hall–Kier alpha value is -0.810. The van der Waals surface area contributed by atoms with Crippen LogP contribution in [0, 0.1) is 0 Å². The van der Waals surface area contributed by atoms with Gasteiger partial charge in [0.25, 0.3) is 0 Å². The van der Waals surface area contributed by atoms with Crippen molar-refractivity contribution in [2.75, 3.05) is 13.2 Å². The van der Waals surface area contributed by atoms with Crippen molar-refractivity contribution in [1.29, 1.82) is 0 Å². The van der Waals surface area contributed by atoms with E-state index in [4.69, 9.17) is 11.6 Å². The quantitative estimate of drug-likeness (QED) is 0.136. The van der Waals surface area contributed by atoms with Crippen molar-refractivity contribution in [3.05, 3.63) is 0 Å². The first-order valence-electron chi connectivity index (χ1n) is 2.21. The molecular weight excluding hydrogens is 108 g/mol. The van der Waals surface area contributed by atoms with E-state index in [1.54, 1.807) is 0 Å². The molecule has 0 fully saturated rings. The van der Waals surface area contributed by atoms with Gasteiger partial charge in [0, 0.05) is 6.54 Å². The van der Waals surface area contributed by atoms with Crippen LogP contribution in [0.3, 0.4) is 0 Å². The molecule has 0 heterocycles. The first kappa shape index (κ1) is 7.19. The third-order valence-corrected chi connectivity index (χ3v) is 0.473. The summed E-state index contributed by atoms with van der Waals surface area (Å²) in [4.78, 5) is 4.53. The molecule has 0 spiro atoms. The number of oxime groups is 1. The van der Waals surface area contributed by atoms with Crippen molar-refractivity contribution in [2.24, 2.45) is 16.7 Å². The van der Waals surface area contributed by atoms with E-state index >= 15 is 0 Å². The van der Waals surface area contributed by atoms with E-state index in [0.29, 0.717) is 13.2 Å². The lowest BCUT2D eigenvalue weighted by Gasteiger charge is -1.94. The summed E-state index contributed by atoms with van der Waals surface area (Å²) in [7, 11) is 0. The summed E-state index contributed by atoms with van der Waals surface area (Å²) in [6, 6.07) is 0. The fraction of sp³-hybridized carbons (Fsp3) is 0.667. The topological polar surface area (TPSA) is 85.7 Å². The van der Waals surface area contributed by atoms with Crippen LogP contribution in [0.15, 0.2) is 5.16 Å². The van der Waals surface area contributed by atoms with Gasteiger partial charge in [0.2, 0.25) is 0 Å². The average molecular weight is 118 g/mol. The standard InChI is InChI=1S/C3H10N4O/c4-3-7-8-2-1-6-5/h3,6H,1-2,5H2,(H2,4,7). The second-order valence-corrected chi connectivity index (χ2v) is 1.04. The Kier molecular flexibility index (Phi) is 5.56. The summed E-state index contributed by atoms with van der Waals surface area (Å²) < 4.78 is 0. The Bertz CT molecular complexity index is 64.3. The third kappa shape index (κ3) is 5.19. The largest absolute Gasteiger partial charge is 0.393 e. The molecule has 0 aromatic carbocycles. The fourth-order valence-corrected chi connectivity index (χ4v) is 0.200. The van der Waals surface area contributed by atoms with E-state index in [1.165, 1.54) is 0 Å². The number of hydrazine groups is 1. The van der Waals surface area contributed by atoms with Gasteiger partial charge in [-0.15, -0.1) is 0 Å². The Morgan fingerprint density at radius 3 is 3.00 bits per heavy atom. The summed E-state index contributed by atoms with van der Waals surface area (Å²) in [5, 5.41) is 3.27. The second-order valence-electron chi connectivity index (χ2n) is 1.04. The molecule has 0 radical (unpaired) electrons. The first-order chi connectivity index (χ1) is 3.91. The van der Waals surface area contributed by atoms with Crippen LogP contribution in [0.25, 0.3) is 0 Å². The highest BCUT2D eigenvalue weighted by molar-refractivity contribution is 5.49. The molecule has 0 unspecified atom stereocenters. The van der Waals surface area contributed by atoms with Gasteiger partial charge in [0.15, 0.2) is 0 Å². The number of nitrogens with one attached hydrogen (secondary N) is 1. The lowest BCUT2D eigenvalue weighted by Crippen LogP contribution is -2.25. The molecule has 0 rings (SSSR count). The molecular formula is C3H10N4O. The van der Waals surface area contributed by atoms with E-state index in [9.17, 15) is 0 Å². The monoisotopic (exact) mass is 118 g/mol. The molecule has 48 valence electrons. The maximum Gasteiger partial charge on any atom is 0.131 e. The van der Waals surface area contributed by atoms with Gasteiger partial charge in [0.1, 0.15) is 12.9 Å². The number of hydrogen-bond donors (Lipinski definition) is 3. The maximum absolute atomic E-state index is 4.90. The Morgan fingerprint density at radius 1 is 1.75 bits per heavy atom. The molecule has 0 aliphatic rings. The predicted octanol–water partition coefficient (Wildman–Crippen LogP) is -1.63. The summed E-state index contributed by atoms with van der Waals surface area (Å²) in [5.41, 5.74) is 7.23. The fourth-order valence-electron chi connectivity index (χ4n) is 0.200. The molecule has 0 saturated carbocycles. The molecule has 0 aromatic heterocycles. The van der Waals surface area contributed by atoms with Crippen molar-refractivity contribution < 1.29 is 4.84 Å². The van der Waals surface area contributed by atoms with Crippen molar-refractivity contribution in [3.8, 4) is 0 Å². The lowest BCUT2D eigenvalue weighted by molar-refractivity contribution is 0.147. The van der Waals surface area contributed by atoms with E-state index in [-0.39, 0.29) is 0 Å². The molecule has 0 bridgehead atoms. The zero-order valence-corrected chi connectivity index (χ0v) is 4.50. The summed E-state index contributed by atoms with van der Waals surface area (Å²) in [6.07, 6.45) is 1.08. The average Bonchev–Trinajstić information content (AvgIpc) is 1.81. The molecule has 5 heteroatoms. The third-order valence-electron chi connectivity index (χ3n) is 0.473. The Morgan fingerprint density at radius 2 is 2.50 bits per heavy atom. The van der Waals surface area contributed by atoms with Crippen LogP contribution in [-0.2, 0) is 4.84 Å². The van der Waals surface area contributed by atoms with Crippen LogP contribution in [0.2, 0.25) is 0 Å². The minimum Gasteiger partial charge on any atom is -0.393 e. The number of nitrogens with two attached hydrogens (primary N) is 2. The van der Waals surface area contributed by atoms with Gasteiger partial charge in [-0.05, 0) is 0 Å². The van der Waals surface area contributed by atoms with Crippen LogP contribution in [0.5, 0.6) is 0 Å². The summed E-state index contributed by atoms with van der Waals surface area (Å²) in [5.74, 6) is 4.90. The van der Waals surface area contributed by atoms with E-state index in [1.807, 2.05) is 0 Å². The molecule has 5 nitrogen and oxygen atoms in total. The summed E-state index contributed by atoms with van der Waals surface area (Å²) >= 11 is 0. The van der Waals surface area contributed by atoms with Gasteiger partial charge in [0.05, 0.1) is 0 Å². The Balaban J connectivity index is 2.72. The SMILES string of the molecule is NC=NOCCNN. The van der Waals surface area contributed by atoms with Gasteiger partial charge in [-0.3, -0.25) is 11.3 Å². The van der Waals surface area contributed by atoms with Gasteiger partial charge in [-0.25, -0.2) is 0 Å². The molecule has 0 aliphatic carbocycles. The zero-order chi connectivity index (χ0) is 6.24. The van der Waals surface area contributed by atoms with Crippen LogP contribution in [0.4, 0.5) is 0 Å². The van der Waals surface area contributed by atoms with Gasteiger partial charge in [-0.1, -0.05) is 5.16 Å². The van der Waals surface area contributed by atoms with Crippen molar-refractivity contribution in [2.45, 2.75) is 0 Å². The number of rotatable bonds is 4. The minimum absolute atomic E-state index is 0.435. The highest BCUT2D eigenvalue weighted by Crippen LogP contribution is 1.67. The van der Waals surface area contributed by atoms with Gasteiger partial charge < -0.3 is 10.6 Å². The smallest absolute Gasteiger partial charge is 0.131 e. The van der Waals surface area contributed by atoms with Crippen molar-refractivity contribution in [1.82, 2.24) is 5.43 Å². The highest BCUT2D eigenvalue weighted by Gasteiger charge is 1.77. The van der Waals surface area contributed by atoms with Crippen molar-refractivity contribution >= 4 is 6.34 Å². The molecule has 0 saturated heterocycles. The zero-order valence-electron chi connectivity index (χ0n) is 4.50. The summed E-state index contributed by atoms with van der Waals surface area (Å²) in [6.45, 7) is 1.00. The highest BCUT2D eigenvalue weighted by atomic mass is 16.6. The number of nitrogens with zero attached hydrogens (tertiary/aromatic N) is 1. The molecule has 5 N–H and O–H groups in total. The van der Waals surface area contributed by atoms with Gasteiger partial charge in [-0.2, -0.15) is 0 Å². The minimum atomic E-state index is 0.435. The number of hydrogen-bond acceptors (Lipinski definition) is 4. The van der Waals surface area contributed by atoms with Crippen LogP contribution < -0.4 is 17.0 Å². The van der Waals surface area contributed by atoms with Crippen LogP contribution >= 0.6 is 0 Å². The molecule has 0 amide bonds. The van der Waals surface area contributed by atoms with Crippen LogP contribution in [-0.4, -0.2) is 19.5 Å². The molecule has 0 aromatic rings. The van der Waals surface area contributed by atoms with Crippen LogP contribution in [0.1, 0.15) is 0 Å². The molecule has 0 atom stereocenters. The second kappa shape index (κ2) is 6.19. The molecule has 8 heavy (non-hydrogen) atoms. The van der Waals surface area contributed by atoms with Crippen molar-refractivity contribution in [3.63, 3.8) is 0 Å². The predicted molar refractivity (Wildman–Crippen MR) is 30.8 cm³/mol. The normalized spacial score (nSPS) is 10.1. The maximum atomic E-state index is 4.90. The Labute approximate surface area is 47.6 Å². The molecule has 0 aliphatic heterocycles. The van der Waals surface area contributed by atoms with E-state index in [2.05, 4.69) is 15.4 Å². The van der Waals surface area contributed by atoms with Gasteiger partial charge >= 0.3 is 0 Å².